The smallest absolute Gasteiger partial charge is 0.349 e. The number of benzene rings is 2. The van der Waals surface area contributed by atoms with Gasteiger partial charge >= 0.3 is 5.97 Å². The van der Waals surface area contributed by atoms with E-state index in [9.17, 15) is 4.79 Å². The fourth-order valence-electron chi connectivity index (χ4n) is 2.06. The van der Waals surface area contributed by atoms with E-state index >= 15 is 0 Å². The molecule has 2 aromatic rings. The molecule has 122 valence electrons. The third kappa shape index (κ3) is 4.88. The average molecular weight is 353 g/mol. The van der Waals surface area contributed by atoms with E-state index in [4.69, 9.17) is 32.7 Å². The van der Waals surface area contributed by atoms with E-state index < -0.39 is 5.97 Å². The van der Waals surface area contributed by atoms with Gasteiger partial charge < -0.3 is 9.47 Å². The van der Waals surface area contributed by atoms with E-state index in [2.05, 4.69) is 20.8 Å². The van der Waals surface area contributed by atoms with Crippen LogP contribution in [0.5, 0.6) is 11.5 Å². The molecular formula is C18H18Cl2O3. The molecule has 0 aromatic heterocycles. The summed E-state index contributed by atoms with van der Waals surface area (Å²) in [5.41, 5.74) is 0.829. The molecule has 0 N–H and O–H groups in total. The van der Waals surface area contributed by atoms with Gasteiger partial charge in [0.15, 0.2) is 6.61 Å². The lowest BCUT2D eigenvalue weighted by molar-refractivity contribution is -0.136. The molecule has 23 heavy (non-hydrogen) atoms. The number of hydrogen-bond acceptors (Lipinski definition) is 3. The van der Waals surface area contributed by atoms with Crippen LogP contribution < -0.4 is 9.47 Å². The zero-order valence-electron chi connectivity index (χ0n) is 13.2. The quantitative estimate of drug-likeness (QED) is 0.554. The van der Waals surface area contributed by atoms with Crippen LogP contribution in [-0.2, 0) is 10.2 Å². The number of esters is 1. The van der Waals surface area contributed by atoms with Crippen LogP contribution in [0, 0.1) is 0 Å². The fourth-order valence-corrected chi connectivity index (χ4v) is 2.52. The van der Waals surface area contributed by atoms with Gasteiger partial charge in [-0.3, -0.25) is 0 Å². The van der Waals surface area contributed by atoms with Gasteiger partial charge in [-0.2, -0.15) is 0 Å². The molecule has 0 saturated carbocycles. The van der Waals surface area contributed by atoms with Crippen LogP contribution in [0.2, 0.25) is 10.0 Å². The summed E-state index contributed by atoms with van der Waals surface area (Å²) in [6.45, 7) is 5.94. The number of rotatable bonds is 4. The molecule has 0 aliphatic rings. The molecule has 5 heteroatoms. The molecule has 2 rings (SSSR count). The number of halogens is 2. The van der Waals surface area contributed by atoms with E-state index in [1.54, 1.807) is 24.3 Å². The molecule has 0 atom stereocenters. The fraction of sp³-hybridized carbons (Fsp3) is 0.278. The summed E-state index contributed by atoms with van der Waals surface area (Å²) in [4.78, 5) is 12.0. The lowest BCUT2D eigenvalue weighted by atomic mass is 9.86. The summed E-state index contributed by atoms with van der Waals surface area (Å²) in [6.07, 6.45) is 0. The van der Waals surface area contributed by atoms with Crippen LogP contribution in [0.25, 0.3) is 0 Å². The second-order valence-corrected chi connectivity index (χ2v) is 6.93. The maximum absolute atomic E-state index is 12.0. The Hall–Kier alpha value is -1.71. The Labute approximate surface area is 146 Å². The molecule has 0 heterocycles. The van der Waals surface area contributed by atoms with Crippen molar-refractivity contribution in [2.75, 3.05) is 6.61 Å². The Morgan fingerprint density at radius 2 is 1.74 bits per heavy atom. The van der Waals surface area contributed by atoms with Crippen molar-refractivity contribution >= 4 is 29.2 Å². The third-order valence-corrected chi connectivity index (χ3v) is 3.69. The third-order valence-electron chi connectivity index (χ3n) is 3.16. The van der Waals surface area contributed by atoms with Gasteiger partial charge in [0.25, 0.3) is 0 Å². The van der Waals surface area contributed by atoms with Gasteiger partial charge in [-0.25, -0.2) is 4.79 Å². The second-order valence-electron chi connectivity index (χ2n) is 6.08. The van der Waals surface area contributed by atoms with Crippen LogP contribution in [0.15, 0.2) is 42.5 Å². The maximum atomic E-state index is 12.0. The lowest BCUT2D eigenvalue weighted by Crippen LogP contribution is -2.20. The molecule has 0 bridgehead atoms. The van der Waals surface area contributed by atoms with E-state index in [-0.39, 0.29) is 12.0 Å². The SMILES string of the molecule is CC(C)(C)c1ccccc1OC(=O)COc1ccc(Cl)cc1Cl. The first-order valence-electron chi connectivity index (χ1n) is 7.15. The van der Waals surface area contributed by atoms with Crippen molar-refractivity contribution in [2.24, 2.45) is 0 Å². The van der Waals surface area contributed by atoms with Gasteiger partial charge in [0.1, 0.15) is 11.5 Å². The Kier molecular flexibility index (Phi) is 5.55. The van der Waals surface area contributed by atoms with Gasteiger partial charge in [0.05, 0.1) is 5.02 Å². The van der Waals surface area contributed by atoms with Gasteiger partial charge in [-0.1, -0.05) is 62.2 Å². The highest BCUT2D eigenvalue weighted by Gasteiger charge is 2.20. The normalized spacial score (nSPS) is 11.2. The molecule has 0 aliphatic carbocycles. The summed E-state index contributed by atoms with van der Waals surface area (Å²) >= 11 is 11.8. The zero-order chi connectivity index (χ0) is 17.0. The highest BCUT2D eigenvalue weighted by molar-refractivity contribution is 6.35. The summed E-state index contributed by atoms with van der Waals surface area (Å²) in [5.74, 6) is 0.431. The number of carbonyl (C=O) groups is 1. The maximum Gasteiger partial charge on any atom is 0.349 e. The van der Waals surface area contributed by atoms with Crippen LogP contribution >= 0.6 is 23.2 Å². The Morgan fingerprint density at radius 3 is 2.39 bits per heavy atom. The van der Waals surface area contributed by atoms with Crippen molar-refractivity contribution in [2.45, 2.75) is 26.2 Å². The second kappa shape index (κ2) is 7.24. The Bertz CT molecular complexity index is 706. The van der Waals surface area contributed by atoms with Crippen molar-refractivity contribution in [3.63, 3.8) is 0 Å². The minimum Gasteiger partial charge on any atom is -0.480 e. The predicted molar refractivity (Wildman–Crippen MR) is 92.7 cm³/mol. The standard InChI is InChI=1S/C18H18Cl2O3/c1-18(2,3)13-6-4-5-7-15(13)23-17(21)11-22-16-9-8-12(19)10-14(16)20/h4-10H,11H2,1-3H3. The van der Waals surface area contributed by atoms with Crippen LogP contribution in [-0.4, -0.2) is 12.6 Å². The predicted octanol–water partition coefficient (Wildman–Crippen LogP) is 5.28. The minimum atomic E-state index is -0.493. The first-order chi connectivity index (χ1) is 10.8. The van der Waals surface area contributed by atoms with Gasteiger partial charge in [-0.05, 0) is 29.7 Å². The largest absolute Gasteiger partial charge is 0.480 e. The molecule has 0 aliphatic heterocycles. The molecule has 0 amide bonds. The molecule has 0 spiro atoms. The molecule has 0 fully saturated rings. The first-order valence-corrected chi connectivity index (χ1v) is 7.91. The van der Waals surface area contributed by atoms with Gasteiger partial charge in [-0.15, -0.1) is 0 Å². The lowest BCUT2D eigenvalue weighted by Gasteiger charge is -2.22. The number of hydrogen-bond donors (Lipinski definition) is 0. The highest BCUT2D eigenvalue weighted by atomic mass is 35.5. The van der Waals surface area contributed by atoms with Crippen LogP contribution in [0.3, 0.4) is 0 Å². The molecule has 2 aromatic carbocycles. The zero-order valence-corrected chi connectivity index (χ0v) is 14.7. The van der Waals surface area contributed by atoms with E-state index in [1.165, 1.54) is 0 Å². The van der Waals surface area contributed by atoms with Crippen molar-refractivity contribution < 1.29 is 14.3 Å². The van der Waals surface area contributed by atoms with Gasteiger partial charge in [0, 0.05) is 10.6 Å². The minimum absolute atomic E-state index is 0.128. The summed E-state index contributed by atoms with van der Waals surface area (Å²) in [7, 11) is 0. The summed E-state index contributed by atoms with van der Waals surface area (Å²) in [6, 6.07) is 12.3. The Morgan fingerprint density at radius 1 is 1.04 bits per heavy atom. The first kappa shape index (κ1) is 17.6. The average Bonchev–Trinajstić information content (AvgIpc) is 2.46. The van der Waals surface area contributed by atoms with Crippen molar-refractivity contribution in [3.8, 4) is 11.5 Å². The number of ether oxygens (including phenoxy) is 2. The molecule has 0 radical (unpaired) electrons. The number of para-hydroxylation sites is 1. The molecular weight excluding hydrogens is 335 g/mol. The van der Waals surface area contributed by atoms with Gasteiger partial charge in [0.2, 0.25) is 0 Å². The summed E-state index contributed by atoms with van der Waals surface area (Å²) < 4.78 is 10.8. The van der Waals surface area contributed by atoms with Crippen molar-refractivity contribution in [3.05, 3.63) is 58.1 Å². The monoisotopic (exact) mass is 352 g/mol. The van der Waals surface area contributed by atoms with Crippen LogP contribution in [0.4, 0.5) is 0 Å². The molecule has 0 unspecified atom stereocenters. The van der Waals surface area contributed by atoms with Crippen molar-refractivity contribution in [1.29, 1.82) is 0 Å². The van der Waals surface area contributed by atoms with E-state index in [0.29, 0.717) is 21.5 Å². The number of carbonyl (C=O) groups excluding carboxylic acids is 1. The molecule has 0 saturated heterocycles. The van der Waals surface area contributed by atoms with E-state index in [0.717, 1.165) is 5.56 Å². The highest BCUT2D eigenvalue weighted by Crippen LogP contribution is 2.31. The van der Waals surface area contributed by atoms with E-state index in [1.807, 2.05) is 18.2 Å². The van der Waals surface area contributed by atoms with Crippen molar-refractivity contribution in [1.82, 2.24) is 0 Å². The summed E-state index contributed by atoms with van der Waals surface area (Å²) in [5, 5.41) is 0.851. The topological polar surface area (TPSA) is 35.5 Å². The Balaban J connectivity index is 2.03. The molecule has 3 nitrogen and oxygen atoms in total. The van der Waals surface area contributed by atoms with Crippen LogP contribution in [0.1, 0.15) is 26.3 Å².